The molecule has 0 spiro atoms. The number of hydrogen-bond donors (Lipinski definition) is 1. The predicted molar refractivity (Wildman–Crippen MR) is 77.2 cm³/mol. The number of benzene rings is 1. The summed E-state index contributed by atoms with van der Waals surface area (Å²) < 4.78 is 32.1. The monoisotopic (exact) mass is 313 g/mol. The Morgan fingerprint density at radius 2 is 2.10 bits per heavy atom. The fourth-order valence-corrected chi connectivity index (χ4v) is 4.45. The Morgan fingerprint density at radius 1 is 1.38 bits per heavy atom. The van der Waals surface area contributed by atoms with Crippen molar-refractivity contribution in [3.8, 4) is 5.75 Å². The van der Waals surface area contributed by atoms with E-state index in [0.717, 1.165) is 25.3 Å². The molecule has 1 atom stereocenters. The zero-order valence-corrected chi connectivity index (χ0v) is 12.9. The molecular formula is C14H19NO5S. The highest BCUT2D eigenvalue weighted by Gasteiger charge is 2.33. The summed E-state index contributed by atoms with van der Waals surface area (Å²) in [5, 5.41) is 9.05. The van der Waals surface area contributed by atoms with Crippen molar-refractivity contribution in [2.45, 2.75) is 37.1 Å². The van der Waals surface area contributed by atoms with E-state index in [1.807, 2.05) is 6.92 Å². The number of ether oxygens (including phenoxy) is 1. The molecule has 1 N–H and O–H groups in total. The molecular weight excluding hydrogens is 294 g/mol. The average molecular weight is 313 g/mol. The van der Waals surface area contributed by atoms with Crippen molar-refractivity contribution in [2.24, 2.45) is 0 Å². The molecule has 0 bridgehead atoms. The molecule has 116 valence electrons. The zero-order valence-electron chi connectivity index (χ0n) is 12.1. The molecule has 0 aromatic heterocycles. The van der Waals surface area contributed by atoms with Crippen molar-refractivity contribution in [1.29, 1.82) is 0 Å². The molecule has 1 aliphatic heterocycles. The summed E-state index contributed by atoms with van der Waals surface area (Å²) in [5.74, 6) is -1.00. The Hall–Kier alpha value is -1.60. The number of piperidine rings is 1. The minimum absolute atomic E-state index is 0.0703. The number of carbonyl (C=O) groups is 1. The second kappa shape index (κ2) is 6.03. The Kier molecular flexibility index (Phi) is 4.53. The van der Waals surface area contributed by atoms with Crippen molar-refractivity contribution >= 4 is 16.0 Å². The molecule has 1 heterocycles. The molecule has 21 heavy (non-hydrogen) atoms. The molecule has 1 fully saturated rings. The van der Waals surface area contributed by atoms with E-state index >= 15 is 0 Å². The zero-order chi connectivity index (χ0) is 15.6. The summed E-state index contributed by atoms with van der Waals surface area (Å²) in [5.41, 5.74) is -0.0703. The van der Waals surface area contributed by atoms with Crippen LogP contribution in [0.15, 0.2) is 23.1 Å². The lowest BCUT2D eigenvalue weighted by atomic mass is 10.1. The van der Waals surface area contributed by atoms with E-state index in [2.05, 4.69) is 0 Å². The van der Waals surface area contributed by atoms with Gasteiger partial charge < -0.3 is 9.84 Å². The standard InChI is InChI=1S/C14H19NO5S/c1-10-5-3-4-8-15(10)21(18,19)13-9-11(14(16)17)6-7-12(13)20-2/h6-7,9-10H,3-5,8H2,1-2H3,(H,16,17). The molecule has 0 radical (unpaired) electrons. The van der Waals surface area contributed by atoms with Crippen LogP contribution in [0.5, 0.6) is 5.75 Å². The lowest BCUT2D eigenvalue weighted by Crippen LogP contribution is -2.42. The largest absolute Gasteiger partial charge is 0.495 e. The van der Waals surface area contributed by atoms with Crippen LogP contribution < -0.4 is 4.74 Å². The molecule has 0 amide bonds. The lowest BCUT2D eigenvalue weighted by molar-refractivity contribution is 0.0696. The second-order valence-electron chi connectivity index (χ2n) is 5.13. The van der Waals surface area contributed by atoms with Gasteiger partial charge in [-0.15, -0.1) is 0 Å². The van der Waals surface area contributed by atoms with Gasteiger partial charge in [-0.2, -0.15) is 4.31 Å². The SMILES string of the molecule is COc1ccc(C(=O)O)cc1S(=O)(=O)N1CCCCC1C. The highest BCUT2D eigenvalue weighted by Crippen LogP contribution is 2.31. The van der Waals surface area contributed by atoms with Crippen LogP contribution in [0.3, 0.4) is 0 Å². The Balaban J connectivity index is 2.52. The number of methoxy groups -OCH3 is 1. The van der Waals surface area contributed by atoms with Gasteiger partial charge in [0, 0.05) is 12.6 Å². The maximum atomic E-state index is 12.8. The van der Waals surface area contributed by atoms with Crippen molar-refractivity contribution < 1.29 is 23.1 Å². The van der Waals surface area contributed by atoms with Crippen LogP contribution in [0, 0.1) is 0 Å². The number of carboxylic acids is 1. The van der Waals surface area contributed by atoms with Crippen LogP contribution >= 0.6 is 0 Å². The van der Waals surface area contributed by atoms with Gasteiger partial charge in [-0.3, -0.25) is 0 Å². The summed E-state index contributed by atoms with van der Waals surface area (Å²) in [7, 11) is -2.40. The van der Waals surface area contributed by atoms with Gasteiger partial charge in [-0.25, -0.2) is 13.2 Å². The molecule has 1 aromatic carbocycles. The van der Waals surface area contributed by atoms with E-state index in [9.17, 15) is 13.2 Å². The number of nitrogens with zero attached hydrogens (tertiary/aromatic N) is 1. The van der Waals surface area contributed by atoms with Gasteiger partial charge >= 0.3 is 5.97 Å². The third-order valence-electron chi connectivity index (χ3n) is 3.74. The minimum atomic E-state index is -3.76. The normalized spacial score (nSPS) is 20.2. The van der Waals surface area contributed by atoms with Gasteiger partial charge in [0.25, 0.3) is 0 Å². The summed E-state index contributed by atoms with van der Waals surface area (Å²) >= 11 is 0. The lowest BCUT2D eigenvalue weighted by Gasteiger charge is -2.32. The average Bonchev–Trinajstić information content (AvgIpc) is 2.46. The predicted octanol–water partition coefficient (Wildman–Crippen LogP) is 1.96. The molecule has 1 aliphatic rings. The van der Waals surface area contributed by atoms with Crippen LogP contribution in [0.4, 0.5) is 0 Å². The minimum Gasteiger partial charge on any atom is -0.495 e. The van der Waals surface area contributed by atoms with E-state index in [1.54, 1.807) is 0 Å². The topological polar surface area (TPSA) is 83.9 Å². The van der Waals surface area contributed by atoms with Gasteiger partial charge in [0.05, 0.1) is 12.7 Å². The van der Waals surface area contributed by atoms with E-state index in [1.165, 1.54) is 23.5 Å². The quantitative estimate of drug-likeness (QED) is 0.918. The van der Waals surface area contributed by atoms with Crippen LogP contribution in [0.25, 0.3) is 0 Å². The number of sulfonamides is 1. The van der Waals surface area contributed by atoms with E-state index < -0.39 is 16.0 Å². The first-order valence-corrected chi connectivity index (χ1v) is 8.25. The number of hydrogen-bond acceptors (Lipinski definition) is 4. The first-order chi connectivity index (χ1) is 9.87. The molecule has 1 unspecified atom stereocenters. The maximum absolute atomic E-state index is 12.8. The Bertz CT molecular complexity index is 641. The van der Waals surface area contributed by atoms with Gasteiger partial charge in [-0.05, 0) is 38.0 Å². The van der Waals surface area contributed by atoms with Crippen molar-refractivity contribution in [3.05, 3.63) is 23.8 Å². The van der Waals surface area contributed by atoms with Crippen molar-refractivity contribution in [3.63, 3.8) is 0 Å². The molecule has 1 aromatic rings. The van der Waals surface area contributed by atoms with Crippen LogP contribution in [0.2, 0.25) is 0 Å². The van der Waals surface area contributed by atoms with Crippen LogP contribution in [-0.4, -0.2) is 43.5 Å². The first kappa shape index (κ1) is 15.8. The fourth-order valence-electron chi connectivity index (χ4n) is 2.57. The summed E-state index contributed by atoms with van der Waals surface area (Å²) in [6.45, 7) is 2.31. The van der Waals surface area contributed by atoms with E-state index in [0.29, 0.717) is 6.54 Å². The number of aromatic carboxylic acids is 1. The smallest absolute Gasteiger partial charge is 0.335 e. The molecule has 0 saturated carbocycles. The Labute approximate surface area is 124 Å². The highest BCUT2D eigenvalue weighted by molar-refractivity contribution is 7.89. The van der Waals surface area contributed by atoms with E-state index in [-0.39, 0.29) is 22.3 Å². The molecule has 1 saturated heterocycles. The third kappa shape index (κ3) is 3.03. The first-order valence-electron chi connectivity index (χ1n) is 6.81. The van der Waals surface area contributed by atoms with Crippen molar-refractivity contribution in [2.75, 3.05) is 13.7 Å². The molecule has 2 rings (SSSR count). The second-order valence-corrected chi connectivity index (χ2v) is 6.99. The molecule has 7 heteroatoms. The van der Waals surface area contributed by atoms with Crippen molar-refractivity contribution in [1.82, 2.24) is 4.31 Å². The van der Waals surface area contributed by atoms with Crippen LogP contribution in [-0.2, 0) is 10.0 Å². The molecule has 6 nitrogen and oxygen atoms in total. The number of rotatable bonds is 4. The number of carboxylic acid groups (broad SMARTS) is 1. The van der Waals surface area contributed by atoms with Gasteiger partial charge in [0.2, 0.25) is 10.0 Å². The van der Waals surface area contributed by atoms with Gasteiger partial charge in [0.15, 0.2) is 0 Å². The summed E-state index contributed by atoms with van der Waals surface area (Å²) in [4.78, 5) is 11.0. The summed E-state index contributed by atoms with van der Waals surface area (Å²) in [6, 6.07) is 3.78. The molecule has 0 aliphatic carbocycles. The maximum Gasteiger partial charge on any atom is 0.335 e. The third-order valence-corrected chi connectivity index (χ3v) is 5.77. The van der Waals surface area contributed by atoms with Gasteiger partial charge in [-0.1, -0.05) is 6.42 Å². The fraction of sp³-hybridized carbons (Fsp3) is 0.500. The van der Waals surface area contributed by atoms with E-state index in [4.69, 9.17) is 9.84 Å². The Morgan fingerprint density at radius 3 is 2.67 bits per heavy atom. The van der Waals surface area contributed by atoms with Crippen LogP contribution in [0.1, 0.15) is 36.5 Å². The van der Waals surface area contributed by atoms with Gasteiger partial charge in [0.1, 0.15) is 10.6 Å². The highest BCUT2D eigenvalue weighted by atomic mass is 32.2. The summed E-state index contributed by atoms with van der Waals surface area (Å²) in [6.07, 6.45) is 2.62.